The van der Waals surface area contributed by atoms with Crippen molar-refractivity contribution in [1.29, 1.82) is 0 Å². The van der Waals surface area contributed by atoms with E-state index in [4.69, 9.17) is 0 Å². The predicted molar refractivity (Wildman–Crippen MR) is 76.4 cm³/mol. The Balaban J connectivity index is 2.49. The number of hydrogen-bond acceptors (Lipinski definition) is 1. The summed E-state index contributed by atoms with van der Waals surface area (Å²) >= 11 is 0. The maximum absolute atomic E-state index is 3.66. The van der Waals surface area contributed by atoms with Crippen molar-refractivity contribution in [3.05, 3.63) is 35.4 Å². The van der Waals surface area contributed by atoms with Crippen molar-refractivity contribution >= 4 is 0 Å². The monoisotopic (exact) mass is 233 g/mol. The summed E-state index contributed by atoms with van der Waals surface area (Å²) in [5.74, 6) is 0.713. The van der Waals surface area contributed by atoms with Crippen LogP contribution in [0.25, 0.3) is 0 Å². The average molecular weight is 233 g/mol. The van der Waals surface area contributed by atoms with E-state index in [9.17, 15) is 0 Å². The molecule has 0 aliphatic heterocycles. The first-order valence-corrected chi connectivity index (χ1v) is 6.93. The summed E-state index contributed by atoms with van der Waals surface area (Å²) < 4.78 is 0. The molecule has 0 saturated carbocycles. The third kappa shape index (κ3) is 4.91. The van der Waals surface area contributed by atoms with Crippen molar-refractivity contribution in [3.8, 4) is 0 Å². The molecule has 0 aliphatic carbocycles. The molecule has 0 aromatic heterocycles. The Labute approximate surface area is 107 Å². The van der Waals surface area contributed by atoms with Crippen molar-refractivity contribution < 1.29 is 0 Å². The molecule has 17 heavy (non-hydrogen) atoms. The highest BCUT2D eigenvalue weighted by Gasteiger charge is 2.12. The zero-order chi connectivity index (χ0) is 12.7. The first kappa shape index (κ1) is 14.2. The summed E-state index contributed by atoms with van der Waals surface area (Å²) in [5.41, 5.74) is 2.92. The number of rotatable bonds is 7. The molecule has 0 aliphatic rings. The van der Waals surface area contributed by atoms with E-state index >= 15 is 0 Å². The fourth-order valence-corrected chi connectivity index (χ4v) is 2.20. The van der Waals surface area contributed by atoms with Gasteiger partial charge in [-0.15, -0.1) is 0 Å². The molecule has 1 unspecified atom stereocenters. The van der Waals surface area contributed by atoms with E-state index < -0.39 is 0 Å². The lowest BCUT2D eigenvalue weighted by molar-refractivity contribution is 0.378. The Morgan fingerprint density at radius 3 is 2.47 bits per heavy atom. The molecule has 0 fully saturated rings. The topological polar surface area (TPSA) is 12.0 Å². The van der Waals surface area contributed by atoms with Crippen LogP contribution in [0.3, 0.4) is 0 Å². The van der Waals surface area contributed by atoms with E-state index in [0.29, 0.717) is 12.0 Å². The van der Waals surface area contributed by atoms with Crippen molar-refractivity contribution in [2.24, 2.45) is 5.92 Å². The van der Waals surface area contributed by atoms with Gasteiger partial charge < -0.3 is 5.32 Å². The van der Waals surface area contributed by atoms with Crippen molar-refractivity contribution in [1.82, 2.24) is 5.32 Å². The molecule has 1 nitrogen and oxygen atoms in total. The summed E-state index contributed by atoms with van der Waals surface area (Å²) in [4.78, 5) is 0. The van der Waals surface area contributed by atoms with Crippen LogP contribution < -0.4 is 5.32 Å². The van der Waals surface area contributed by atoms with Crippen molar-refractivity contribution in [3.63, 3.8) is 0 Å². The van der Waals surface area contributed by atoms with Gasteiger partial charge in [-0.2, -0.15) is 0 Å². The molecule has 0 amide bonds. The Kier molecular flexibility index (Phi) is 6.28. The standard InChI is InChI=1S/C16H27N/c1-5-12-17-16(13(2)3)11-10-15-9-7-6-8-14(15)4/h6-9,13,16-17H,5,10-12H2,1-4H3. The lowest BCUT2D eigenvalue weighted by Gasteiger charge is -2.22. The normalized spacial score (nSPS) is 13.0. The zero-order valence-corrected chi connectivity index (χ0v) is 11.8. The zero-order valence-electron chi connectivity index (χ0n) is 11.8. The van der Waals surface area contributed by atoms with Crippen LogP contribution in [0.15, 0.2) is 24.3 Å². The van der Waals surface area contributed by atoms with Crippen LogP contribution in [-0.4, -0.2) is 12.6 Å². The molecular formula is C16H27N. The highest BCUT2D eigenvalue weighted by atomic mass is 14.9. The smallest absolute Gasteiger partial charge is 0.00932 e. The average Bonchev–Trinajstić information content (AvgIpc) is 2.31. The molecule has 96 valence electrons. The van der Waals surface area contributed by atoms with Gasteiger partial charge in [0, 0.05) is 6.04 Å². The van der Waals surface area contributed by atoms with Crippen LogP contribution in [0.4, 0.5) is 0 Å². The van der Waals surface area contributed by atoms with Crippen molar-refractivity contribution in [2.45, 2.75) is 53.0 Å². The first-order chi connectivity index (χ1) is 8.15. The molecule has 1 N–H and O–H groups in total. The van der Waals surface area contributed by atoms with E-state index in [2.05, 4.69) is 57.3 Å². The number of aryl methyl sites for hydroxylation is 2. The quantitative estimate of drug-likeness (QED) is 0.752. The third-order valence-electron chi connectivity index (χ3n) is 3.45. The number of hydrogen-bond donors (Lipinski definition) is 1. The SMILES string of the molecule is CCCNC(CCc1ccccc1C)C(C)C. The largest absolute Gasteiger partial charge is 0.314 e. The highest BCUT2D eigenvalue weighted by molar-refractivity contribution is 5.25. The molecular weight excluding hydrogens is 206 g/mol. The van der Waals surface area contributed by atoms with Gasteiger partial charge in [0.05, 0.1) is 0 Å². The maximum atomic E-state index is 3.66. The maximum Gasteiger partial charge on any atom is 0.00932 e. The molecule has 1 heteroatoms. The molecule has 0 bridgehead atoms. The molecule has 0 heterocycles. The second-order valence-corrected chi connectivity index (χ2v) is 5.27. The van der Waals surface area contributed by atoms with E-state index in [1.165, 1.54) is 30.4 Å². The second-order valence-electron chi connectivity index (χ2n) is 5.27. The molecule has 1 aromatic carbocycles. The summed E-state index contributed by atoms with van der Waals surface area (Å²) in [6.07, 6.45) is 3.64. The summed E-state index contributed by atoms with van der Waals surface area (Å²) in [7, 11) is 0. The van der Waals surface area contributed by atoms with Gasteiger partial charge in [0.25, 0.3) is 0 Å². The predicted octanol–water partition coefficient (Wildman–Crippen LogP) is 3.95. The van der Waals surface area contributed by atoms with Gasteiger partial charge in [0.15, 0.2) is 0 Å². The lowest BCUT2D eigenvalue weighted by Crippen LogP contribution is -2.34. The molecule has 0 spiro atoms. The number of nitrogens with one attached hydrogen (secondary N) is 1. The Morgan fingerprint density at radius 2 is 1.88 bits per heavy atom. The van der Waals surface area contributed by atoms with Gasteiger partial charge in [-0.05, 0) is 49.8 Å². The van der Waals surface area contributed by atoms with Gasteiger partial charge in [-0.1, -0.05) is 45.0 Å². The Hall–Kier alpha value is -0.820. The fraction of sp³-hybridized carbons (Fsp3) is 0.625. The molecule has 1 atom stereocenters. The summed E-state index contributed by atoms with van der Waals surface area (Å²) in [6, 6.07) is 9.38. The van der Waals surface area contributed by atoms with Gasteiger partial charge in [0.1, 0.15) is 0 Å². The summed E-state index contributed by atoms with van der Waals surface area (Å²) in [5, 5.41) is 3.66. The van der Waals surface area contributed by atoms with Crippen LogP contribution in [0.5, 0.6) is 0 Å². The van der Waals surface area contributed by atoms with Crippen molar-refractivity contribution in [2.75, 3.05) is 6.54 Å². The third-order valence-corrected chi connectivity index (χ3v) is 3.45. The minimum absolute atomic E-state index is 0.648. The van der Waals surface area contributed by atoms with Gasteiger partial charge >= 0.3 is 0 Å². The van der Waals surface area contributed by atoms with Gasteiger partial charge in [-0.25, -0.2) is 0 Å². The number of benzene rings is 1. The minimum Gasteiger partial charge on any atom is -0.314 e. The van der Waals surface area contributed by atoms with Crippen LogP contribution >= 0.6 is 0 Å². The van der Waals surface area contributed by atoms with E-state index in [1.54, 1.807) is 0 Å². The molecule has 1 rings (SSSR count). The van der Waals surface area contributed by atoms with Gasteiger partial charge in [0.2, 0.25) is 0 Å². The van der Waals surface area contributed by atoms with Crippen LogP contribution in [-0.2, 0) is 6.42 Å². The fourth-order valence-electron chi connectivity index (χ4n) is 2.20. The van der Waals surface area contributed by atoms with Crippen LogP contribution in [0.1, 0.15) is 44.7 Å². The second kappa shape index (κ2) is 7.50. The van der Waals surface area contributed by atoms with Crippen LogP contribution in [0.2, 0.25) is 0 Å². The molecule has 1 aromatic rings. The van der Waals surface area contributed by atoms with Crippen LogP contribution in [0, 0.1) is 12.8 Å². The first-order valence-electron chi connectivity index (χ1n) is 6.93. The lowest BCUT2D eigenvalue weighted by atomic mass is 9.95. The van der Waals surface area contributed by atoms with E-state index in [1.807, 2.05) is 0 Å². The summed E-state index contributed by atoms with van der Waals surface area (Å²) in [6.45, 7) is 10.2. The Morgan fingerprint density at radius 1 is 1.18 bits per heavy atom. The van der Waals surface area contributed by atoms with E-state index in [0.717, 1.165) is 6.54 Å². The molecule has 0 saturated heterocycles. The highest BCUT2D eigenvalue weighted by Crippen LogP contribution is 2.14. The Bertz CT molecular complexity index is 317. The minimum atomic E-state index is 0.648. The van der Waals surface area contributed by atoms with Gasteiger partial charge in [-0.3, -0.25) is 0 Å². The van der Waals surface area contributed by atoms with E-state index in [-0.39, 0.29) is 0 Å². The molecule has 0 radical (unpaired) electrons.